The van der Waals surface area contributed by atoms with Gasteiger partial charge in [-0.1, -0.05) is 0 Å². The molecule has 0 saturated heterocycles. The quantitative estimate of drug-likeness (QED) is 0.696. The predicted octanol–water partition coefficient (Wildman–Crippen LogP) is 3.54. The van der Waals surface area contributed by atoms with Crippen LogP contribution in [0.5, 0.6) is 0 Å². The molecule has 0 radical (unpaired) electrons. The van der Waals surface area contributed by atoms with Crippen molar-refractivity contribution in [3.63, 3.8) is 0 Å². The summed E-state index contributed by atoms with van der Waals surface area (Å²) in [6.45, 7) is 4.65. The van der Waals surface area contributed by atoms with Crippen LogP contribution in [0.1, 0.15) is 13.8 Å². The minimum atomic E-state index is 0. The summed E-state index contributed by atoms with van der Waals surface area (Å²) in [6.07, 6.45) is 5.98. The maximum atomic E-state index is 2.33. The van der Waals surface area contributed by atoms with E-state index in [0.717, 1.165) is 0 Å². The van der Waals surface area contributed by atoms with Gasteiger partial charge in [0.15, 0.2) is 0 Å². The zero-order valence-electron chi connectivity index (χ0n) is 7.91. The van der Waals surface area contributed by atoms with Crippen molar-refractivity contribution in [1.82, 2.24) is 0 Å². The molecule has 0 nitrogen and oxygen atoms in total. The fourth-order valence-corrected chi connectivity index (χ4v) is 4.47. The molecule has 0 N–H and O–H groups in total. The molecule has 0 aliphatic rings. The Morgan fingerprint density at radius 3 is 1.33 bits per heavy atom. The molecule has 0 heterocycles. The minimum absolute atomic E-state index is 0. The van der Waals surface area contributed by atoms with Gasteiger partial charge in [-0.05, 0) is 0 Å². The number of hydrogen-bond acceptors (Lipinski definition) is 0. The Balaban J connectivity index is -0.0000000408. The zero-order chi connectivity index (χ0) is 6.41. The fourth-order valence-electron chi connectivity index (χ4n) is 0.856. The van der Waals surface area contributed by atoms with Crippen LogP contribution in [0.3, 0.4) is 0 Å². The Morgan fingerprint density at radius 2 is 1.25 bits per heavy atom. The molecule has 0 aromatic rings. The van der Waals surface area contributed by atoms with Gasteiger partial charge in [-0.3, -0.25) is 0 Å². The Hall–Kier alpha value is 2.02. The first kappa shape index (κ1) is 29.2. The normalized spacial score (nSPS) is 7.08. The van der Waals surface area contributed by atoms with E-state index in [0.29, 0.717) is 7.92 Å². The van der Waals surface area contributed by atoms with Gasteiger partial charge in [-0.15, -0.1) is 49.6 Å². The average molecular weight is 298 g/mol. The summed E-state index contributed by atoms with van der Waals surface area (Å²) in [6, 6.07) is 0. The predicted molar refractivity (Wildman–Crippen MR) is 79.2 cm³/mol. The van der Waals surface area contributed by atoms with E-state index < -0.39 is 0 Å². The first-order valence-corrected chi connectivity index (χ1v) is 6.88. The van der Waals surface area contributed by atoms with Gasteiger partial charge in [0.25, 0.3) is 0 Å². The van der Waals surface area contributed by atoms with Gasteiger partial charge in [0.1, 0.15) is 0 Å². The number of hydrogen-bond donors (Lipinski definition) is 0. The van der Waals surface area contributed by atoms with Gasteiger partial charge in [-0.2, -0.15) is 0 Å². The third-order valence-corrected chi connectivity index (χ3v) is 5.64. The molecular formula is C6H22Cl4P2. The van der Waals surface area contributed by atoms with Gasteiger partial charge in [0.2, 0.25) is 0 Å². The zero-order valence-corrected chi connectivity index (χ0v) is 14.1. The van der Waals surface area contributed by atoms with E-state index in [1.165, 1.54) is 27.7 Å². The standard InChI is InChI=1S/C6H18P2.4ClH/c1-3-8(4-2)6-5-7;;;;/h3-6H2,1-2H3,7H4;4*1H. The topological polar surface area (TPSA) is 0 Å². The molecule has 0 aromatic carbocycles. The van der Waals surface area contributed by atoms with E-state index in [1.807, 2.05) is 0 Å². The number of rotatable bonds is 4. The van der Waals surface area contributed by atoms with E-state index in [-0.39, 0.29) is 49.6 Å². The number of halogens is 4. The molecule has 0 aliphatic carbocycles. The van der Waals surface area contributed by atoms with Crippen molar-refractivity contribution < 1.29 is 0 Å². The summed E-state index contributed by atoms with van der Waals surface area (Å²) in [4.78, 5) is 0. The van der Waals surface area contributed by atoms with Crippen molar-refractivity contribution in [1.29, 1.82) is 0 Å². The maximum absolute atomic E-state index is 2.33. The van der Waals surface area contributed by atoms with Gasteiger partial charge in [0, 0.05) is 0 Å². The second kappa shape index (κ2) is 23.1. The largest absolute Gasteiger partial charge is 0.147 e. The van der Waals surface area contributed by atoms with Crippen LogP contribution in [0.4, 0.5) is 0 Å². The van der Waals surface area contributed by atoms with Crippen LogP contribution >= 0.6 is 66.8 Å². The summed E-state index contributed by atoms with van der Waals surface area (Å²) in [7, 11) is 1.89. The smallest absolute Gasteiger partial charge is 0.147 e. The van der Waals surface area contributed by atoms with E-state index in [9.17, 15) is 0 Å². The van der Waals surface area contributed by atoms with Crippen LogP contribution in [0, 0.1) is 0 Å². The third kappa shape index (κ3) is 17.9. The van der Waals surface area contributed by atoms with Crippen molar-refractivity contribution in [3.05, 3.63) is 0 Å². The molecule has 0 bridgehead atoms. The second-order valence-corrected chi connectivity index (χ2v) is 6.08. The molecule has 0 aromatic heterocycles. The fraction of sp³-hybridized carbons (Fsp3) is 1.00. The van der Waals surface area contributed by atoms with Gasteiger partial charge in [0.05, 0.1) is 0 Å². The van der Waals surface area contributed by atoms with Crippen LogP contribution < -0.4 is 0 Å². The Morgan fingerprint density at radius 1 is 0.917 bits per heavy atom. The van der Waals surface area contributed by atoms with Crippen molar-refractivity contribution in [3.8, 4) is 0 Å². The van der Waals surface area contributed by atoms with Crippen molar-refractivity contribution in [2.24, 2.45) is 0 Å². The van der Waals surface area contributed by atoms with Gasteiger partial charge < -0.3 is 0 Å². The van der Waals surface area contributed by atoms with Gasteiger partial charge >= 0.3 is 55.7 Å². The molecule has 0 spiro atoms. The molecule has 84 valence electrons. The summed E-state index contributed by atoms with van der Waals surface area (Å²) < 4.78 is 0. The molecular weight excluding hydrogens is 276 g/mol. The van der Waals surface area contributed by atoms with E-state index in [2.05, 4.69) is 13.8 Å². The summed E-state index contributed by atoms with van der Waals surface area (Å²) in [5.74, 6) is 0. The van der Waals surface area contributed by atoms with Crippen LogP contribution in [0.2, 0.25) is 0 Å². The maximum Gasteiger partial charge on any atom is -0.147 e. The molecule has 0 fully saturated rings. The summed E-state index contributed by atoms with van der Waals surface area (Å²) in [5.41, 5.74) is 0. The Labute approximate surface area is 105 Å². The minimum Gasteiger partial charge on any atom is -0.147 e. The molecule has 0 saturated carbocycles. The van der Waals surface area contributed by atoms with Crippen molar-refractivity contribution in [2.45, 2.75) is 13.8 Å². The molecule has 0 atom stereocenters. The molecule has 6 heteroatoms. The van der Waals surface area contributed by atoms with Crippen LogP contribution in [0.15, 0.2) is 0 Å². The SMILES string of the molecule is CCP(CC)CC[PH4].Cl.Cl.Cl.Cl. The average Bonchev–Trinajstić information content (AvgIpc) is 1.83. The second-order valence-electron chi connectivity index (χ2n) is 2.03. The molecule has 0 unspecified atom stereocenters. The first-order valence-electron chi connectivity index (χ1n) is 3.57. The first-order chi connectivity index (χ1) is 3.85. The molecule has 0 aliphatic heterocycles. The van der Waals surface area contributed by atoms with E-state index in [1.54, 1.807) is 6.16 Å². The molecule has 0 rings (SSSR count). The summed E-state index contributed by atoms with van der Waals surface area (Å²) >= 11 is 0. The molecule has 12 heavy (non-hydrogen) atoms. The monoisotopic (exact) mass is 296 g/mol. The Kier molecular flexibility index (Phi) is 56.3. The third-order valence-electron chi connectivity index (χ3n) is 1.43. The van der Waals surface area contributed by atoms with E-state index in [4.69, 9.17) is 0 Å². The summed E-state index contributed by atoms with van der Waals surface area (Å²) in [5, 5.41) is 0. The van der Waals surface area contributed by atoms with Crippen LogP contribution in [0.25, 0.3) is 0 Å². The molecule has 0 amide bonds. The van der Waals surface area contributed by atoms with Crippen LogP contribution in [-0.2, 0) is 0 Å². The van der Waals surface area contributed by atoms with Gasteiger partial charge in [-0.25, -0.2) is 0 Å². The van der Waals surface area contributed by atoms with Crippen LogP contribution in [-0.4, -0.2) is 24.6 Å². The van der Waals surface area contributed by atoms with Crippen molar-refractivity contribution in [2.75, 3.05) is 24.6 Å². The van der Waals surface area contributed by atoms with E-state index >= 15 is 0 Å². The van der Waals surface area contributed by atoms with Crippen molar-refractivity contribution >= 4 is 66.8 Å². The Bertz CT molecular complexity index is 52.8.